The van der Waals surface area contributed by atoms with Gasteiger partial charge in [-0.05, 0) is 31.5 Å². The third-order valence-corrected chi connectivity index (χ3v) is 5.19. The molecule has 2 unspecified atom stereocenters. The maximum atomic E-state index is 5.99. The van der Waals surface area contributed by atoms with Crippen molar-refractivity contribution in [2.45, 2.75) is 31.5 Å². The molecule has 7 nitrogen and oxygen atoms in total. The van der Waals surface area contributed by atoms with Crippen LogP contribution in [0.25, 0.3) is 11.5 Å². The summed E-state index contributed by atoms with van der Waals surface area (Å²) in [6.07, 6.45) is 4.45. The molecule has 4 rings (SSSR count). The molecular weight excluding hydrogens is 469 g/mol. The quantitative estimate of drug-likeness (QED) is 0.376. The molecule has 2 fully saturated rings. The second kappa shape index (κ2) is 10.2. The molecular formula is C20H28IN5O2. The summed E-state index contributed by atoms with van der Waals surface area (Å²) in [5, 5.41) is 6.64. The topological polar surface area (TPSA) is 74.9 Å². The van der Waals surface area contributed by atoms with Crippen molar-refractivity contribution >= 4 is 29.9 Å². The van der Waals surface area contributed by atoms with Crippen molar-refractivity contribution in [3.63, 3.8) is 0 Å². The lowest BCUT2D eigenvalue weighted by atomic mass is 10.2. The van der Waals surface area contributed by atoms with Crippen molar-refractivity contribution in [2.75, 3.05) is 33.3 Å². The SMILES string of the molecule is CN=C(NCc1coc(-c2ccccc2)n1)NCC1CN2CCCC2CO1.I. The number of rotatable bonds is 5. The van der Waals surface area contributed by atoms with E-state index in [0.29, 0.717) is 18.5 Å². The van der Waals surface area contributed by atoms with E-state index in [0.717, 1.165) is 36.9 Å². The van der Waals surface area contributed by atoms with Crippen molar-refractivity contribution in [1.82, 2.24) is 20.5 Å². The fraction of sp³-hybridized carbons (Fsp3) is 0.500. The lowest BCUT2D eigenvalue weighted by Gasteiger charge is -2.35. The maximum Gasteiger partial charge on any atom is 0.226 e. The van der Waals surface area contributed by atoms with Crippen molar-refractivity contribution in [3.05, 3.63) is 42.3 Å². The minimum Gasteiger partial charge on any atom is -0.444 e. The predicted octanol–water partition coefficient (Wildman–Crippen LogP) is 2.49. The molecule has 152 valence electrons. The zero-order valence-electron chi connectivity index (χ0n) is 16.1. The van der Waals surface area contributed by atoms with Crippen molar-refractivity contribution < 1.29 is 9.15 Å². The van der Waals surface area contributed by atoms with Crippen molar-refractivity contribution in [1.29, 1.82) is 0 Å². The first-order chi connectivity index (χ1) is 13.3. The molecule has 2 aromatic rings. The highest BCUT2D eigenvalue weighted by atomic mass is 127. The van der Waals surface area contributed by atoms with Crippen LogP contribution >= 0.6 is 24.0 Å². The Morgan fingerprint density at radius 1 is 1.29 bits per heavy atom. The van der Waals surface area contributed by atoms with Crippen LogP contribution in [-0.4, -0.2) is 61.3 Å². The summed E-state index contributed by atoms with van der Waals surface area (Å²) in [5.74, 6) is 1.37. The molecule has 1 aromatic carbocycles. The normalized spacial score (nSPS) is 22.4. The molecule has 0 aliphatic carbocycles. The highest BCUT2D eigenvalue weighted by Gasteiger charge is 2.32. The Kier molecular flexibility index (Phi) is 7.69. The number of oxazole rings is 1. The van der Waals surface area contributed by atoms with E-state index < -0.39 is 0 Å². The molecule has 2 N–H and O–H groups in total. The van der Waals surface area contributed by atoms with Gasteiger partial charge in [0.1, 0.15) is 6.26 Å². The van der Waals surface area contributed by atoms with E-state index in [-0.39, 0.29) is 30.1 Å². The minimum atomic E-state index is 0. The van der Waals surface area contributed by atoms with Gasteiger partial charge in [0.2, 0.25) is 5.89 Å². The van der Waals surface area contributed by atoms with Crippen LogP contribution in [0.1, 0.15) is 18.5 Å². The molecule has 2 atom stereocenters. The van der Waals surface area contributed by atoms with Crippen molar-refractivity contribution in [2.24, 2.45) is 4.99 Å². The summed E-state index contributed by atoms with van der Waals surface area (Å²) in [5.41, 5.74) is 1.81. The van der Waals surface area contributed by atoms with E-state index in [1.165, 1.54) is 19.4 Å². The standard InChI is InChI=1S/C20H27N5O2.HI/c1-21-20(23-11-18-12-25-9-5-8-17(25)14-26-18)22-10-16-13-27-19(24-16)15-6-3-2-4-7-15;/h2-4,6-7,13,17-18H,5,8-12,14H2,1H3,(H2,21,22,23);1H. The molecule has 0 bridgehead atoms. The Morgan fingerprint density at radius 2 is 2.14 bits per heavy atom. The summed E-state index contributed by atoms with van der Waals surface area (Å²) in [4.78, 5) is 11.4. The van der Waals surface area contributed by atoms with Gasteiger partial charge in [0.05, 0.1) is 24.9 Å². The van der Waals surface area contributed by atoms with Crippen LogP contribution in [0.4, 0.5) is 0 Å². The van der Waals surface area contributed by atoms with Gasteiger partial charge in [0.15, 0.2) is 5.96 Å². The summed E-state index contributed by atoms with van der Waals surface area (Å²) < 4.78 is 11.6. The molecule has 3 heterocycles. The number of morpholine rings is 1. The van der Waals surface area contributed by atoms with Gasteiger partial charge in [0, 0.05) is 31.7 Å². The van der Waals surface area contributed by atoms with E-state index >= 15 is 0 Å². The molecule has 2 aliphatic rings. The number of fused-ring (bicyclic) bond motifs is 1. The largest absolute Gasteiger partial charge is 0.444 e. The second-order valence-electron chi connectivity index (χ2n) is 7.06. The van der Waals surface area contributed by atoms with Gasteiger partial charge in [-0.3, -0.25) is 9.89 Å². The summed E-state index contributed by atoms with van der Waals surface area (Å²) in [6, 6.07) is 10.5. The van der Waals surface area contributed by atoms with Gasteiger partial charge in [-0.1, -0.05) is 18.2 Å². The van der Waals surface area contributed by atoms with Crippen LogP contribution < -0.4 is 10.6 Å². The van der Waals surface area contributed by atoms with Gasteiger partial charge >= 0.3 is 0 Å². The number of halogens is 1. The Hall–Kier alpha value is -1.65. The van der Waals surface area contributed by atoms with Gasteiger partial charge in [-0.15, -0.1) is 24.0 Å². The lowest BCUT2D eigenvalue weighted by molar-refractivity contribution is -0.0453. The van der Waals surface area contributed by atoms with Crippen LogP contribution in [0.2, 0.25) is 0 Å². The number of benzene rings is 1. The molecule has 0 radical (unpaired) electrons. The number of nitrogens with zero attached hydrogens (tertiary/aromatic N) is 3. The molecule has 0 spiro atoms. The number of nitrogens with one attached hydrogen (secondary N) is 2. The van der Waals surface area contributed by atoms with Gasteiger partial charge in [-0.25, -0.2) is 4.98 Å². The second-order valence-corrected chi connectivity index (χ2v) is 7.06. The number of hydrogen-bond acceptors (Lipinski definition) is 5. The zero-order chi connectivity index (χ0) is 18.5. The van der Waals surface area contributed by atoms with Crippen LogP contribution in [0.5, 0.6) is 0 Å². The molecule has 28 heavy (non-hydrogen) atoms. The summed E-state index contributed by atoms with van der Waals surface area (Å²) in [6.45, 7) is 4.35. The van der Waals surface area contributed by atoms with E-state index in [2.05, 4.69) is 25.5 Å². The fourth-order valence-corrected chi connectivity index (χ4v) is 3.72. The minimum absolute atomic E-state index is 0. The maximum absolute atomic E-state index is 5.99. The van der Waals surface area contributed by atoms with Crippen molar-refractivity contribution in [3.8, 4) is 11.5 Å². The third-order valence-electron chi connectivity index (χ3n) is 5.19. The fourth-order valence-electron chi connectivity index (χ4n) is 3.72. The Labute approximate surface area is 183 Å². The van der Waals surface area contributed by atoms with Gasteiger partial charge in [-0.2, -0.15) is 0 Å². The van der Waals surface area contributed by atoms with Crippen LogP contribution in [0.15, 0.2) is 46.0 Å². The molecule has 1 aromatic heterocycles. The first-order valence-corrected chi connectivity index (χ1v) is 9.62. The molecule has 0 saturated carbocycles. The smallest absolute Gasteiger partial charge is 0.226 e. The van der Waals surface area contributed by atoms with E-state index in [1.54, 1.807) is 13.3 Å². The average molecular weight is 497 g/mol. The Balaban J connectivity index is 0.00000225. The highest BCUT2D eigenvalue weighted by Crippen LogP contribution is 2.22. The molecule has 2 aliphatic heterocycles. The Bertz CT molecular complexity index is 767. The van der Waals surface area contributed by atoms with Gasteiger partial charge < -0.3 is 19.8 Å². The van der Waals surface area contributed by atoms with E-state index in [4.69, 9.17) is 9.15 Å². The van der Waals surface area contributed by atoms with Crippen LogP contribution in [-0.2, 0) is 11.3 Å². The van der Waals surface area contributed by atoms with Gasteiger partial charge in [0.25, 0.3) is 0 Å². The Morgan fingerprint density at radius 3 is 2.96 bits per heavy atom. The number of hydrogen-bond donors (Lipinski definition) is 2. The number of ether oxygens (including phenoxy) is 1. The third kappa shape index (κ3) is 5.24. The first kappa shape index (κ1) is 21.1. The molecule has 2 saturated heterocycles. The van der Waals surface area contributed by atoms with E-state index in [1.807, 2.05) is 30.3 Å². The van der Waals surface area contributed by atoms with E-state index in [9.17, 15) is 0 Å². The summed E-state index contributed by atoms with van der Waals surface area (Å²) in [7, 11) is 1.77. The van der Waals surface area contributed by atoms with Crippen LogP contribution in [0, 0.1) is 0 Å². The summed E-state index contributed by atoms with van der Waals surface area (Å²) >= 11 is 0. The lowest BCUT2D eigenvalue weighted by Crippen LogP contribution is -2.51. The monoisotopic (exact) mass is 497 g/mol. The highest BCUT2D eigenvalue weighted by molar-refractivity contribution is 14.0. The molecule has 8 heteroatoms. The zero-order valence-corrected chi connectivity index (χ0v) is 18.5. The number of aliphatic imine (C=N–C) groups is 1. The number of guanidine groups is 1. The predicted molar refractivity (Wildman–Crippen MR) is 120 cm³/mol. The average Bonchev–Trinajstić information content (AvgIpc) is 3.38. The first-order valence-electron chi connectivity index (χ1n) is 9.62. The molecule has 0 amide bonds. The number of aromatic nitrogens is 1. The van der Waals surface area contributed by atoms with Crippen LogP contribution in [0.3, 0.4) is 0 Å².